The Morgan fingerprint density at radius 3 is 2.57 bits per heavy atom. The predicted molar refractivity (Wildman–Crippen MR) is 80.5 cm³/mol. The lowest BCUT2D eigenvalue weighted by atomic mass is 9.74. The van der Waals surface area contributed by atoms with Crippen LogP contribution >= 0.6 is 0 Å². The number of hydrogen-bond donors (Lipinski definition) is 1. The molecule has 1 fully saturated rings. The van der Waals surface area contributed by atoms with Gasteiger partial charge in [0, 0.05) is 12.6 Å². The van der Waals surface area contributed by atoms with Gasteiger partial charge in [0.05, 0.1) is 5.41 Å². The summed E-state index contributed by atoms with van der Waals surface area (Å²) in [6.07, 6.45) is 1.96. The SMILES string of the molecule is CC(c1ccc(F)cc1)N1CCCC(C(C)(C)C(=O)O)C1. The van der Waals surface area contributed by atoms with Gasteiger partial charge in [0.2, 0.25) is 0 Å². The number of piperidine rings is 1. The van der Waals surface area contributed by atoms with Gasteiger partial charge < -0.3 is 5.11 Å². The van der Waals surface area contributed by atoms with E-state index < -0.39 is 11.4 Å². The number of halogens is 1. The van der Waals surface area contributed by atoms with E-state index in [1.165, 1.54) is 12.1 Å². The molecular weight excluding hydrogens is 269 g/mol. The zero-order valence-electron chi connectivity index (χ0n) is 13.0. The number of carbonyl (C=O) groups is 1. The minimum Gasteiger partial charge on any atom is -0.481 e. The average molecular weight is 293 g/mol. The molecule has 0 radical (unpaired) electrons. The van der Waals surface area contributed by atoms with Gasteiger partial charge in [0.15, 0.2) is 0 Å². The maximum Gasteiger partial charge on any atom is 0.309 e. The summed E-state index contributed by atoms with van der Waals surface area (Å²) in [6, 6.07) is 6.76. The van der Waals surface area contributed by atoms with Crippen LogP contribution < -0.4 is 0 Å². The molecule has 2 unspecified atom stereocenters. The summed E-state index contributed by atoms with van der Waals surface area (Å²) < 4.78 is 13.0. The molecule has 0 saturated carbocycles. The Kier molecular flexibility index (Phi) is 4.67. The quantitative estimate of drug-likeness (QED) is 0.920. The van der Waals surface area contributed by atoms with Gasteiger partial charge in [0.1, 0.15) is 5.82 Å². The van der Waals surface area contributed by atoms with Crippen LogP contribution in [0.4, 0.5) is 4.39 Å². The largest absolute Gasteiger partial charge is 0.481 e. The van der Waals surface area contributed by atoms with Crippen molar-refractivity contribution in [2.45, 2.75) is 39.7 Å². The van der Waals surface area contributed by atoms with Crippen molar-refractivity contribution in [3.8, 4) is 0 Å². The lowest BCUT2D eigenvalue weighted by Crippen LogP contribution is -2.45. The molecule has 3 nitrogen and oxygen atoms in total. The van der Waals surface area contributed by atoms with E-state index in [2.05, 4.69) is 11.8 Å². The van der Waals surface area contributed by atoms with Gasteiger partial charge >= 0.3 is 5.97 Å². The maximum absolute atomic E-state index is 13.0. The van der Waals surface area contributed by atoms with Crippen molar-refractivity contribution in [3.63, 3.8) is 0 Å². The molecule has 2 rings (SSSR count). The highest BCUT2D eigenvalue weighted by atomic mass is 19.1. The van der Waals surface area contributed by atoms with Gasteiger partial charge in [-0.25, -0.2) is 4.39 Å². The third kappa shape index (κ3) is 3.43. The summed E-state index contributed by atoms with van der Waals surface area (Å²) >= 11 is 0. The Bertz CT molecular complexity index is 498. The van der Waals surface area contributed by atoms with E-state index in [1.54, 1.807) is 0 Å². The van der Waals surface area contributed by atoms with Crippen molar-refractivity contribution in [1.29, 1.82) is 0 Å². The van der Waals surface area contributed by atoms with E-state index in [0.29, 0.717) is 0 Å². The first-order valence-electron chi connectivity index (χ1n) is 7.55. The number of rotatable bonds is 4. The van der Waals surface area contributed by atoms with Gasteiger partial charge in [-0.15, -0.1) is 0 Å². The lowest BCUT2D eigenvalue weighted by molar-refractivity contribution is -0.151. The van der Waals surface area contributed by atoms with Crippen molar-refractivity contribution in [2.24, 2.45) is 11.3 Å². The fourth-order valence-electron chi connectivity index (χ4n) is 3.07. The molecule has 2 atom stereocenters. The summed E-state index contributed by atoms with van der Waals surface area (Å²) in [5.41, 5.74) is 0.367. The maximum atomic E-state index is 13.0. The third-order valence-electron chi connectivity index (χ3n) is 4.92. The Morgan fingerprint density at radius 2 is 2.00 bits per heavy atom. The van der Waals surface area contributed by atoms with Crippen molar-refractivity contribution < 1.29 is 14.3 Å². The van der Waals surface area contributed by atoms with Crippen LogP contribution in [-0.2, 0) is 4.79 Å². The van der Waals surface area contributed by atoms with Crippen molar-refractivity contribution in [3.05, 3.63) is 35.6 Å². The fourth-order valence-corrected chi connectivity index (χ4v) is 3.07. The van der Waals surface area contributed by atoms with E-state index >= 15 is 0 Å². The topological polar surface area (TPSA) is 40.5 Å². The molecule has 1 heterocycles. The van der Waals surface area contributed by atoms with Crippen LogP contribution in [0.1, 0.15) is 45.2 Å². The molecule has 21 heavy (non-hydrogen) atoms. The van der Waals surface area contributed by atoms with Crippen LogP contribution in [0.5, 0.6) is 0 Å². The average Bonchev–Trinajstić information content (AvgIpc) is 2.47. The fraction of sp³-hybridized carbons (Fsp3) is 0.588. The van der Waals surface area contributed by atoms with Gasteiger partial charge in [-0.1, -0.05) is 12.1 Å². The van der Waals surface area contributed by atoms with E-state index in [-0.39, 0.29) is 17.8 Å². The smallest absolute Gasteiger partial charge is 0.309 e. The summed E-state index contributed by atoms with van der Waals surface area (Å²) in [5.74, 6) is -0.815. The highest BCUT2D eigenvalue weighted by Gasteiger charge is 2.39. The highest BCUT2D eigenvalue weighted by Crippen LogP contribution is 2.36. The first-order chi connectivity index (χ1) is 9.82. The van der Waals surface area contributed by atoms with E-state index in [1.807, 2.05) is 26.0 Å². The zero-order chi connectivity index (χ0) is 15.6. The Hall–Kier alpha value is -1.42. The Morgan fingerprint density at radius 1 is 1.38 bits per heavy atom. The minimum atomic E-state index is -0.733. The predicted octanol–water partition coefficient (Wildman–Crippen LogP) is 3.71. The van der Waals surface area contributed by atoms with Gasteiger partial charge in [-0.2, -0.15) is 0 Å². The molecule has 1 saturated heterocycles. The summed E-state index contributed by atoms with van der Waals surface area (Å²) in [7, 11) is 0. The van der Waals surface area contributed by atoms with Gasteiger partial charge in [-0.05, 0) is 63.8 Å². The van der Waals surface area contributed by atoms with Crippen molar-refractivity contribution in [2.75, 3.05) is 13.1 Å². The molecule has 1 aliphatic rings. The molecule has 0 spiro atoms. The van der Waals surface area contributed by atoms with Crippen LogP contribution in [0.25, 0.3) is 0 Å². The number of benzene rings is 1. The van der Waals surface area contributed by atoms with Crippen LogP contribution in [0.3, 0.4) is 0 Å². The number of carboxylic acids is 1. The highest BCUT2D eigenvalue weighted by molar-refractivity contribution is 5.74. The molecule has 1 aromatic rings. The molecule has 1 aliphatic heterocycles. The molecule has 1 N–H and O–H groups in total. The second-order valence-corrected chi connectivity index (χ2v) is 6.59. The molecule has 116 valence electrons. The molecule has 0 aromatic heterocycles. The third-order valence-corrected chi connectivity index (χ3v) is 4.92. The van der Waals surface area contributed by atoms with Gasteiger partial charge in [0.25, 0.3) is 0 Å². The standard InChI is InChI=1S/C17H24FNO2/c1-12(13-6-8-15(18)9-7-13)19-10-4-5-14(11-19)17(2,3)16(20)21/h6-9,12,14H,4-5,10-11H2,1-3H3,(H,20,21). The van der Waals surface area contributed by atoms with Crippen molar-refractivity contribution >= 4 is 5.97 Å². The van der Waals surface area contributed by atoms with Crippen molar-refractivity contribution in [1.82, 2.24) is 4.90 Å². The normalized spacial score (nSPS) is 22.0. The van der Waals surface area contributed by atoms with Crippen LogP contribution in [0, 0.1) is 17.2 Å². The molecular formula is C17H24FNO2. The second-order valence-electron chi connectivity index (χ2n) is 6.59. The monoisotopic (exact) mass is 293 g/mol. The van der Waals surface area contributed by atoms with Crippen LogP contribution in [-0.4, -0.2) is 29.1 Å². The van der Waals surface area contributed by atoms with Crippen LogP contribution in [0.2, 0.25) is 0 Å². The summed E-state index contributed by atoms with van der Waals surface area (Å²) in [5, 5.41) is 9.41. The van der Waals surface area contributed by atoms with E-state index in [9.17, 15) is 14.3 Å². The number of likely N-dealkylation sites (tertiary alicyclic amines) is 1. The summed E-state index contributed by atoms with van der Waals surface area (Å²) in [6.45, 7) is 7.46. The van der Waals surface area contributed by atoms with E-state index in [4.69, 9.17) is 0 Å². The molecule has 0 amide bonds. The molecule has 1 aromatic carbocycles. The first kappa shape index (κ1) is 16.0. The first-order valence-corrected chi connectivity index (χ1v) is 7.55. The lowest BCUT2D eigenvalue weighted by Gasteiger charge is -2.41. The zero-order valence-corrected chi connectivity index (χ0v) is 13.0. The number of nitrogens with zero attached hydrogens (tertiary/aromatic N) is 1. The van der Waals surface area contributed by atoms with Gasteiger partial charge in [-0.3, -0.25) is 9.69 Å². The van der Waals surface area contributed by atoms with Crippen LogP contribution in [0.15, 0.2) is 24.3 Å². The Balaban J connectivity index is 2.10. The molecule has 4 heteroatoms. The molecule has 0 aliphatic carbocycles. The molecule has 0 bridgehead atoms. The second kappa shape index (κ2) is 6.14. The number of hydrogen-bond acceptors (Lipinski definition) is 2. The minimum absolute atomic E-state index is 0.145. The summed E-state index contributed by atoms with van der Waals surface area (Å²) in [4.78, 5) is 13.8. The number of carboxylic acid groups (broad SMARTS) is 1. The van der Waals surface area contributed by atoms with E-state index in [0.717, 1.165) is 31.5 Å². The Labute approximate surface area is 125 Å². The number of aliphatic carboxylic acids is 1.